The van der Waals surface area contributed by atoms with Crippen LogP contribution in [-0.4, -0.2) is 47.1 Å². The average molecular weight is 463 g/mol. The highest BCUT2D eigenvalue weighted by Gasteiger charge is 2.35. The maximum Gasteiger partial charge on any atom is 0.470 e. The van der Waals surface area contributed by atoms with E-state index in [1.165, 1.54) is 103 Å². The van der Waals surface area contributed by atoms with Crippen molar-refractivity contribution in [3.8, 4) is 0 Å². The van der Waals surface area contributed by atoms with E-state index >= 15 is 0 Å². The van der Waals surface area contributed by atoms with E-state index < -0.39 is 7.82 Å². The van der Waals surface area contributed by atoms with Gasteiger partial charge in [0.05, 0.1) is 20.1 Å². The Morgan fingerprint density at radius 1 is 0.806 bits per heavy atom. The Hall–Kier alpha value is 0.0700. The Morgan fingerprint density at radius 3 is 1.65 bits per heavy atom. The van der Waals surface area contributed by atoms with Crippen LogP contribution in [-0.2, 0) is 9.09 Å². The summed E-state index contributed by atoms with van der Waals surface area (Å²) in [4.78, 5) is 18.7. The number of nitrogens with zero attached hydrogens (tertiary/aromatic N) is 1. The molecule has 1 fully saturated rings. The lowest BCUT2D eigenvalue weighted by Crippen LogP contribution is -2.52. The molecule has 0 saturated heterocycles. The number of phosphoric acid groups is 1. The van der Waals surface area contributed by atoms with Gasteiger partial charge in [-0.1, -0.05) is 96.8 Å². The summed E-state index contributed by atoms with van der Waals surface area (Å²) in [6.07, 6.45) is 23.8. The normalized spacial score (nSPS) is 16.8. The summed E-state index contributed by atoms with van der Waals surface area (Å²) in [7, 11) is -0.0543. The minimum atomic E-state index is -4.44. The SMILES string of the molecule is CCCCCCCCCCCCCCCCC(C[N+](C)(C)C1CCCC1)OP(=O)(O)O. The van der Waals surface area contributed by atoms with Crippen LogP contribution in [0.5, 0.6) is 0 Å². The number of likely N-dealkylation sites (N-methyl/N-ethyl adjacent to an activating group) is 1. The van der Waals surface area contributed by atoms with Crippen LogP contribution in [0.1, 0.15) is 129 Å². The van der Waals surface area contributed by atoms with Crippen molar-refractivity contribution in [3.63, 3.8) is 0 Å². The molecule has 1 atom stereocenters. The van der Waals surface area contributed by atoms with E-state index in [1.807, 2.05) is 0 Å². The second-order valence-electron chi connectivity index (χ2n) is 10.5. The first kappa shape index (κ1) is 29.1. The van der Waals surface area contributed by atoms with Gasteiger partial charge in [0.2, 0.25) is 0 Å². The number of phosphoric ester groups is 1. The molecular weight excluding hydrogens is 409 g/mol. The minimum absolute atomic E-state index is 0.353. The van der Waals surface area contributed by atoms with Crippen molar-refractivity contribution < 1.29 is 23.4 Å². The highest BCUT2D eigenvalue weighted by atomic mass is 31.2. The molecule has 5 nitrogen and oxygen atoms in total. The third-order valence-electron chi connectivity index (χ3n) is 7.15. The summed E-state index contributed by atoms with van der Waals surface area (Å²) < 4.78 is 17.5. The standard InChI is InChI=1S/C25H52NO4P/c1-4-5-6-7-8-9-10-11-12-13-14-15-16-17-22-25(30-31(27,28)29)23-26(2,3)24-20-18-19-21-24/h24-25H,4-23H2,1-3H3,(H-,27,28,29)/p+1. The quantitative estimate of drug-likeness (QED) is 0.113. The van der Waals surface area contributed by atoms with Crippen LogP contribution in [0.4, 0.5) is 0 Å². The molecule has 0 spiro atoms. The Bertz CT molecular complexity index is 474. The molecular formula is C25H53NO4P+. The number of hydrogen-bond donors (Lipinski definition) is 2. The van der Waals surface area contributed by atoms with E-state index in [9.17, 15) is 14.4 Å². The number of quaternary nitrogens is 1. The maximum absolute atomic E-state index is 11.5. The lowest BCUT2D eigenvalue weighted by atomic mass is 10.0. The molecule has 2 N–H and O–H groups in total. The van der Waals surface area contributed by atoms with Gasteiger partial charge in [-0.15, -0.1) is 0 Å². The van der Waals surface area contributed by atoms with Gasteiger partial charge in [-0.3, -0.25) is 4.52 Å². The van der Waals surface area contributed by atoms with Crippen molar-refractivity contribution in [2.45, 2.75) is 141 Å². The second kappa shape index (κ2) is 16.6. The lowest BCUT2D eigenvalue weighted by Gasteiger charge is -2.38. The summed E-state index contributed by atoms with van der Waals surface area (Å²) in [6.45, 7) is 2.96. The molecule has 1 saturated carbocycles. The van der Waals surface area contributed by atoms with E-state index in [1.54, 1.807) is 0 Å². The smallest absolute Gasteiger partial charge is 0.324 e. The predicted octanol–water partition coefficient (Wildman–Crippen LogP) is 7.35. The molecule has 1 rings (SSSR count). The summed E-state index contributed by atoms with van der Waals surface area (Å²) in [5.74, 6) is 0. The van der Waals surface area contributed by atoms with Crippen LogP contribution in [0.2, 0.25) is 0 Å². The molecule has 1 unspecified atom stereocenters. The Balaban J connectivity index is 2.11. The third-order valence-corrected chi connectivity index (χ3v) is 7.73. The Morgan fingerprint density at radius 2 is 1.23 bits per heavy atom. The summed E-state index contributed by atoms with van der Waals surface area (Å²) in [6, 6.07) is 0.596. The van der Waals surface area contributed by atoms with Crippen LogP contribution in [0.25, 0.3) is 0 Å². The number of unbranched alkanes of at least 4 members (excludes halogenated alkanes) is 13. The van der Waals surface area contributed by atoms with Crippen LogP contribution < -0.4 is 0 Å². The molecule has 0 bridgehead atoms. The summed E-state index contributed by atoms with van der Waals surface area (Å²) >= 11 is 0. The van der Waals surface area contributed by atoms with Gasteiger partial charge >= 0.3 is 7.82 Å². The Kier molecular flexibility index (Phi) is 15.6. The molecule has 186 valence electrons. The fourth-order valence-electron chi connectivity index (χ4n) is 5.22. The zero-order chi connectivity index (χ0) is 23.0. The zero-order valence-corrected chi connectivity index (χ0v) is 21.8. The molecule has 0 radical (unpaired) electrons. The van der Waals surface area contributed by atoms with Crippen molar-refractivity contribution in [2.24, 2.45) is 0 Å². The molecule has 0 aromatic heterocycles. The average Bonchev–Trinajstić information content (AvgIpc) is 3.22. The van der Waals surface area contributed by atoms with Crippen molar-refractivity contribution in [1.82, 2.24) is 0 Å². The fourth-order valence-corrected chi connectivity index (χ4v) is 5.78. The van der Waals surface area contributed by atoms with Crippen molar-refractivity contribution in [2.75, 3.05) is 20.6 Å². The van der Waals surface area contributed by atoms with Gasteiger partial charge in [0, 0.05) is 0 Å². The molecule has 6 heteroatoms. The molecule has 0 aromatic carbocycles. The van der Waals surface area contributed by atoms with Crippen molar-refractivity contribution in [3.05, 3.63) is 0 Å². The van der Waals surface area contributed by atoms with Gasteiger partial charge in [0.1, 0.15) is 12.6 Å². The first-order chi connectivity index (χ1) is 14.7. The van der Waals surface area contributed by atoms with E-state index in [0.29, 0.717) is 12.6 Å². The zero-order valence-electron chi connectivity index (χ0n) is 20.9. The van der Waals surface area contributed by atoms with Gasteiger partial charge in [0.15, 0.2) is 0 Å². The minimum Gasteiger partial charge on any atom is -0.324 e. The van der Waals surface area contributed by atoms with Crippen LogP contribution in [0.3, 0.4) is 0 Å². The maximum atomic E-state index is 11.5. The lowest BCUT2D eigenvalue weighted by molar-refractivity contribution is -0.917. The van der Waals surface area contributed by atoms with Gasteiger partial charge in [-0.05, 0) is 32.1 Å². The Labute approximate surface area is 193 Å². The summed E-state index contributed by atoms with van der Waals surface area (Å²) in [5.41, 5.74) is 0. The molecule has 0 heterocycles. The van der Waals surface area contributed by atoms with Gasteiger partial charge in [-0.25, -0.2) is 4.57 Å². The summed E-state index contributed by atoms with van der Waals surface area (Å²) in [5, 5.41) is 0. The second-order valence-corrected chi connectivity index (χ2v) is 11.7. The van der Waals surface area contributed by atoms with Crippen LogP contribution >= 0.6 is 7.82 Å². The van der Waals surface area contributed by atoms with Crippen molar-refractivity contribution >= 4 is 7.82 Å². The largest absolute Gasteiger partial charge is 0.470 e. The highest BCUT2D eigenvalue weighted by molar-refractivity contribution is 7.46. The van der Waals surface area contributed by atoms with Crippen LogP contribution in [0, 0.1) is 0 Å². The van der Waals surface area contributed by atoms with Gasteiger partial charge < -0.3 is 14.3 Å². The van der Waals surface area contributed by atoms with Gasteiger partial charge in [-0.2, -0.15) is 0 Å². The van der Waals surface area contributed by atoms with E-state index in [0.717, 1.165) is 23.7 Å². The monoisotopic (exact) mass is 462 g/mol. The third kappa shape index (κ3) is 15.5. The molecule has 0 aromatic rings. The van der Waals surface area contributed by atoms with Crippen LogP contribution in [0.15, 0.2) is 0 Å². The molecule has 31 heavy (non-hydrogen) atoms. The highest BCUT2D eigenvalue weighted by Crippen LogP contribution is 2.39. The van der Waals surface area contributed by atoms with E-state index in [2.05, 4.69) is 21.0 Å². The van der Waals surface area contributed by atoms with E-state index in [4.69, 9.17) is 4.52 Å². The molecule has 1 aliphatic rings. The molecule has 0 aliphatic heterocycles. The van der Waals surface area contributed by atoms with Gasteiger partial charge in [0.25, 0.3) is 0 Å². The first-order valence-electron chi connectivity index (χ1n) is 13.3. The number of hydrogen-bond acceptors (Lipinski definition) is 2. The topological polar surface area (TPSA) is 66.8 Å². The molecule has 0 amide bonds. The fraction of sp³-hybridized carbons (Fsp3) is 1.00. The number of rotatable bonds is 20. The van der Waals surface area contributed by atoms with Crippen molar-refractivity contribution in [1.29, 1.82) is 0 Å². The first-order valence-corrected chi connectivity index (χ1v) is 14.8. The molecule has 1 aliphatic carbocycles. The predicted molar refractivity (Wildman–Crippen MR) is 131 cm³/mol. The van der Waals surface area contributed by atoms with E-state index in [-0.39, 0.29) is 6.10 Å².